The first-order valence-electron chi connectivity index (χ1n) is 6.38. The molecule has 2 atom stereocenters. The van der Waals surface area contributed by atoms with Gasteiger partial charge < -0.3 is 15.2 Å². The summed E-state index contributed by atoms with van der Waals surface area (Å²) in [6.07, 6.45) is 0.232. The Morgan fingerprint density at radius 1 is 1.38 bits per heavy atom. The minimum Gasteiger partial charge on any atom is -0.480 e. The number of thioether (sulfide) groups is 1. The van der Waals surface area contributed by atoms with Crippen LogP contribution in [0.2, 0.25) is 5.02 Å². The molecule has 0 radical (unpaired) electrons. The molecule has 2 unspecified atom stereocenters. The SMILES string of the molecule is COCCC(NC(=O)C(C)Sc1ccc(Cl)cc1)C(=O)O. The highest BCUT2D eigenvalue weighted by Gasteiger charge is 2.23. The Bertz CT molecular complexity index is 480. The second-order valence-electron chi connectivity index (χ2n) is 4.39. The number of methoxy groups -OCH3 is 1. The van der Waals surface area contributed by atoms with Crippen molar-refractivity contribution >= 4 is 35.2 Å². The van der Waals surface area contributed by atoms with Gasteiger partial charge in [-0.3, -0.25) is 4.79 Å². The first-order chi connectivity index (χ1) is 9.93. The molecule has 0 saturated carbocycles. The summed E-state index contributed by atoms with van der Waals surface area (Å²) in [5.74, 6) is -1.39. The lowest BCUT2D eigenvalue weighted by Crippen LogP contribution is -2.44. The Morgan fingerprint density at radius 2 is 2.00 bits per heavy atom. The highest BCUT2D eigenvalue weighted by molar-refractivity contribution is 8.00. The molecule has 0 aliphatic rings. The lowest BCUT2D eigenvalue weighted by atomic mass is 10.2. The van der Waals surface area contributed by atoms with E-state index in [-0.39, 0.29) is 18.9 Å². The van der Waals surface area contributed by atoms with E-state index >= 15 is 0 Å². The fourth-order valence-corrected chi connectivity index (χ4v) is 2.56. The van der Waals surface area contributed by atoms with Gasteiger partial charge in [-0.25, -0.2) is 4.79 Å². The van der Waals surface area contributed by atoms with E-state index in [0.29, 0.717) is 5.02 Å². The summed E-state index contributed by atoms with van der Waals surface area (Å²) in [6.45, 7) is 2.00. The molecular formula is C14H18ClNO4S. The number of ether oxygens (including phenoxy) is 1. The van der Waals surface area contributed by atoms with E-state index in [1.165, 1.54) is 18.9 Å². The van der Waals surface area contributed by atoms with Crippen molar-refractivity contribution in [3.8, 4) is 0 Å². The number of carbonyl (C=O) groups is 2. The molecule has 0 aromatic heterocycles. The Labute approximate surface area is 133 Å². The van der Waals surface area contributed by atoms with Crippen LogP contribution in [-0.2, 0) is 14.3 Å². The van der Waals surface area contributed by atoms with E-state index in [9.17, 15) is 9.59 Å². The predicted octanol–water partition coefficient (Wildman–Crippen LogP) is 2.43. The van der Waals surface area contributed by atoms with Crippen LogP contribution in [0.5, 0.6) is 0 Å². The maximum atomic E-state index is 12.0. The molecule has 0 fully saturated rings. The standard InChI is InChI=1S/C14H18ClNO4S/c1-9(21-11-5-3-10(15)4-6-11)13(17)16-12(14(18)19)7-8-20-2/h3-6,9,12H,7-8H2,1-2H3,(H,16,17)(H,18,19). The summed E-state index contributed by atoms with van der Waals surface area (Å²) in [4.78, 5) is 24.0. The molecule has 1 aromatic rings. The molecule has 1 aromatic carbocycles. The van der Waals surface area contributed by atoms with Crippen LogP contribution in [-0.4, -0.2) is 42.0 Å². The number of carboxylic acids is 1. The van der Waals surface area contributed by atoms with E-state index in [2.05, 4.69) is 5.32 Å². The maximum absolute atomic E-state index is 12.0. The van der Waals surface area contributed by atoms with Crippen molar-refractivity contribution in [1.29, 1.82) is 0 Å². The van der Waals surface area contributed by atoms with Crippen molar-refractivity contribution < 1.29 is 19.4 Å². The van der Waals surface area contributed by atoms with Crippen LogP contribution < -0.4 is 5.32 Å². The van der Waals surface area contributed by atoms with Gasteiger partial charge >= 0.3 is 5.97 Å². The molecule has 1 rings (SSSR count). The van der Waals surface area contributed by atoms with Gasteiger partial charge in [-0.1, -0.05) is 11.6 Å². The quantitative estimate of drug-likeness (QED) is 0.715. The number of halogens is 1. The van der Waals surface area contributed by atoms with Gasteiger partial charge in [0.05, 0.1) is 5.25 Å². The number of carboxylic acid groups (broad SMARTS) is 1. The third kappa shape index (κ3) is 6.37. The minimum atomic E-state index is -1.07. The first kappa shape index (κ1) is 17.8. The smallest absolute Gasteiger partial charge is 0.326 e. The molecule has 5 nitrogen and oxygen atoms in total. The molecule has 0 heterocycles. The van der Waals surface area contributed by atoms with Crippen LogP contribution >= 0.6 is 23.4 Å². The van der Waals surface area contributed by atoms with Gasteiger partial charge in [-0.05, 0) is 31.2 Å². The lowest BCUT2D eigenvalue weighted by molar-refractivity contribution is -0.142. The molecule has 116 valence electrons. The van der Waals surface area contributed by atoms with Crippen LogP contribution in [0.3, 0.4) is 0 Å². The summed E-state index contributed by atoms with van der Waals surface area (Å²) in [6, 6.07) is 6.18. The van der Waals surface area contributed by atoms with E-state index < -0.39 is 17.3 Å². The molecule has 21 heavy (non-hydrogen) atoms. The lowest BCUT2D eigenvalue weighted by Gasteiger charge is -2.17. The Hall–Kier alpha value is -1.24. The molecule has 0 aliphatic carbocycles. The summed E-state index contributed by atoms with van der Waals surface area (Å²) in [5, 5.41) is 11.8. The molecular weight excluding hydrogens is 314 g/mol. The van der Waals surface area contributed by atoms with Gasteiger partial charge in [0.1, 0.15) is 6.04 Å². The van der Waals surface area contributed by atoms with Crippen molar-refractivity contribution in [1.82, 2.24) is 5.32 Å². The van der Waals surface area contributed by atoms with E-state index in [4.69, 9.17) is 21.4 Å². The van der Waals surface area contributed by atoms with Crippen molar-refractivity contribution in [2.45, 2.75) is 29.5 Å². The number of rotatable bonds is 8. The normalized spacial score (nSPS) is 13.5. The Balaban J connectivity index is 2.56. The van der Waals surface area contributed by atoms with Gasteiger partial charge in [-0.15, -0.1) is 11.8 Å². The molecule has 2 N–H and O–H groups in total. The number of aliphatic carboxylic acids is 1. The number of hydrogen-bond acceptors (Lipinski definition) is 4. The topological polar surface area (TPSA) is 75.6 Å². The van der Waals surface area contributed by atoms with Crippen LogP contribution in [0.15, 0.2) is 29.2 Å². The second kappa shape index (κ2) is 8.92. The van der Waals surface area contributed by atoms with Gasteiger partial charge in [0.15, 0.2) is 0 Å². The zero-order valence-electron chi connectivity index (χ0n) is 11.8. The Kier molecular flexibility index (Phi) is 7.56. The summed E-state index contributed by atoms with van der Waals surface area (Å²) in [7, 11) is 1.49. The third-order valence-electron chi connectivity index (χ3n) is 2.72. The Morgan fingerprint density at radius 3 is 2.52 bits per heavy atom. The van der Waals surface area contributed by atoms with E-state index in [0.717, 1.165) is 4.90 Å². The van der Waals surface area contributed by atoms with Gasteiger partial charge in [0.25, 0.3) is 0 Å². The van der Waals surface area contributed by atoms with Gasteiger partial charge in [0.2, 0.25) is 5.91 Å². The van der Waals surface area contributed by atoms with Crippen LogP contribution in [0.4, 0.5) is 0 Å². The number of nitrogens with one attached hydrogen (secondary N) is 1. The van der Waals surface area contributed by atoms with Crippen molar-refractivity contribution in [2.24, 2.45) is 0 Å². The fraction of sp³-hybridized carbons (Fsp3) is 0.429. The van der Waals surface area contributed by atoms with Crippen LogP contribution in [0, 0.1) is 0 Å². The molecule has 0 spiro atoms. The fourth-order valence-electron chi connectivity index (χ4n) is 1.55. The molecule has 0 bridgehead atoms. The number of carbonyl (C=O) groups excluding carboxylic acids is 1. The average molecular weight is 332 g/mol. The van der Waals surface area contributed by atoms with E-state index in [1.54, 1.807) is 19.1 Å². The third-order valence-corrected chi connectivity index (χ3v) is 4.08. The summed E-state index contributed by atoms with van der Waals surface area (Å²) in [5.41, 5.74) is 0. The average Bonchev–Trinajstić information content (AvgIpc) is 2.45. The zero-order chi connectivity index (χ0) is 15.8. The van der Waals surface area contributed by atoms with Crippen molar-refractivity contribution in [2.75, 3.05) is 13.7 Å². The molecule has 1 amide bonds. The number of amides is 1. The predicted molar refractivity (Wildman–Crippen MR) is 82.8 cm³/mol. The van der Waals surface area contributed by atoms with Crippen molar-refractivity contribution in [3.05, 3.63) is 29.3 Å². The monoisotopic (exact) mass is 331 g/mol. The number of hydrogen-bond donors (Lipinski definition) is 2. The first-order valence-corrected chi connectivity index (χ1v) is 7.64. The van der Waals surface area contributed by atoms with E-state index in [1.807, 2.05) is 12.1 Å². The highest BCUT2D eigenvalue weighted by atomic mass is 35.5. The van der Waals surface area contributed by atoms with Crippen molar-refractivity contribution in [3.63, 3.8) is 0 Å². The second-order valence-corrected chi connectivity index (χ2v) is 6.25. The highest BCUT2D eigenvalue weighted by Crippen LogP contribution is 2.24. The largest absolute Gasteiger partial charge is 0.480 e. The summed E-state index contributed by atoms with van der Waals surface area (Å²) >= 11 is 7.14. The van der Waals surface area contributed by atoms with Crippen LogP contribution in [0.1, 0.15) is 13.3 Å². The maximum Gasteiger partial charge on any atom is 0.326 e. The summed E-state index contributed by atoms with van der Waals surface area (Å²) < 4.78 is 4.84. The van der Waals surface area contributed by atoms with Crippen LogP contribution in [0.25, 0.3) is 0 Å². The molecule has 0 saturated heterocycles. The minimum absolute atomic E-state index is 0.232. The zero-order valence-corrected chi connectivity index (χ0v) is 13.4. The van der Waals surface area contributed by atoms with Gasteiger partial charge in [0, 0.05) is 30.1 Å². The molecule has 0 aliphatic heterocycles. The molecule has 7 heteroatoms. The van der Waals surface area contributed by atoms with Gasteiger partial charge in [-0.2, -0.15) is 0 Å². The number of benzene rings is 1.